The summed E-state index contributed by atoms with van der Waals surface area (Å²) in [6.45, 7) is 3.37. The Bertz CT molecular complexity index is 1140. The predicted molar refractivity (Wildman–Crippen MR) is 113 cm³/mol. The number of rotatable bonds is 5. The number of likely N-dealkylation sites (tertiary alicyclic amines) is 1. The molecule has 0 N–H and O–H groups in total. The van der Waals surface area contributed by atoms with Gasteiger partial charge in [-0.05, 0) is 30.9 Å². The molecule has 0 aliphatic carbocycles. The number of hydrogen-bond acceptors (Lipinski definition) is 5. The summed E-state index contributed by atoms with van der Waals surface area (Å²) in [7, 11) is -3.90. The zero-order valence-electron chi connectivity index (χ0n) is 16.2. The highest BCUT2D eigenvalue weighted by atomic mass is 32.2. The van der Waals surface area contributed by atoms with Gasteiger partial charge in [-0.2, -0.15) is 4.99 Å². The molecule has 0 radical (unpaired) electrons. The lowest BCUT2D eigenvalue weighted by Gasteiger charge is -2.30. The van der Waals surface area contributed by atoms with Gasteiger partial charge in [0.05, 0.1) is 16.8 Å². The number of carbonyl (C=O) groups is 2. The Labute approximate surface area is 174 Å². The predicted octanol–water partition coefficient (Wildman–Crippen LogP) is 1.44. The molecule has 7 nitrogen and oxygen atoms in total. The number of nitrogens with zero attached hydrogens (tertiary/aromatic N) is 3. The first-order valence-corrected chi connectivity index (χ1v) is 12.0. The standard InChI is InChI=1S/C20H23N3O4S2/c1-3-10-23-16-8-4-5-9-17(16)28-20(23)21-18(24)13-29(26,27)14-19(25)22-11-6-7-15(2)12-22/h1,4-5,8-9,15H,6-7,10-14H2,2H3. The number of amides is 2. The second kappa shape index (κ2) is 8.93. The quantitative estimate of drug-likeness (QED) is 0.668. The Morgan fingerprint density at radius 1 is 1.31 bits per heavy atom. The van der Waals surface area contributed by atoms with Crippen molar-refractivity contribution in [1.82, 2.24) is 9.47 Å². The van der Waals surface area contributed by atoms with E-state index >= 15 is 0 Å². The van der Waals surface area contributed by atoms with Crippen LogP contribution in [-0.4, -0.2) is 54.3 Å². The lowest BCUT2D eigenvalue weighted by atomic mass is 10.0. The normalized spacial score (nSPS) is 18.0. The van der Waals surface area contributed by atoms with Crippen LogP contribution in [-0.2, 0) is 26.0 Å². The van der Waals surface area contributed by atoms with Crippen molar-refractivity contribution in [3.8, 4) is 12.3 Å². The van der Waals surface area contributed by atoms with E-state index in [1.807, 2.05) is 31.2 Å². The van der Waals surface area contributed by atoms with Gasteiger partial charge in [-0.15, -0.1) is 6.42 Å². The number of benzene rings is 1. The highest BCUT2D eigenvalue weighted by Crippen LogP contribution is 2.17. The number of sulfone groups is 1. The van der Waals surface area contributed by atoms with Gasteiger partial charge in [-0.25, -0.2) is 8.42 Å². The largest absolute Gasteiger partial charge is 0.342 e. The molecule has 2 aromatic rings. The van der Waals surface area contributed by atoms with Crippen molar-refractivity contribution in [1.29, 1.82) is 0 Å². The van der Waals surface area contributed by atoms with Gasteiger partial charge in [-0.1, -0.05) is 36.3 Å². The average molecular weight is 434 g/mol. The molecule has 2 heterocycles. The summed E-state index contributed by atoms with van der Waals surface area (Å²) < 4.78 is 27.4. The van der Waals surface area contributed by atoms with Gasteiger partial charge in [0.15, 0.2) is 14.6 Å². The molecule has 1 aliphatic rings. The Hall–Kier alpha value is -2.44. The van der Waals surface area contributed by atoms with Gasteiger partial charge in [0.2, 0.25) is 5.91 Å². The van der Waals surface area contributed by atoms with Crippen LogP contribution >= 0.6 is 11.3 Å². The minimum absolute atomic E-state index is 0.217. The topological polar surface area (TPSA) is 88.8 Å². The summed E-state index contributed by atoms with van der Waals surface area (Å²) >= 11 is 1.26. The number of terminal acetylenes is 1. The smallest absolute Gasteiger partial charge is 0.263 e. The number of aromatic nitrogens is 1. The summed E-state index contributed by atoms with van der Waals surface area (Å²) in [5.41, 5.74) is 0.833. The number of thiazole rings is 1. The summed E-state index contributed by atoms with van der Waals surface area (Å²) in [5.74, 6) is 0.151. The van der Waals surface area contributed by atoms with E-state index in [1.54, 1.807) is 9.47 Å². The maximum Gasteiger partial charge on any atom is 0.263 e. The number of carbonyl (C=O) groups excluding carboxylic acids is 2. The zero-order chi connectivity index (χ0) is 21.0. The number of fused-ring (bicyclic) bond motifs is 1. The van der Waals surface area contributed by atoms with Crippen LogP contribution in [0.2, 0.25) is 0 Å². The molecule has 154 valence electrons. The molecule has 1 aliphatic heterocycles. The molecule has 0 saturated carbocycles. The average Bonchev–Trinajstić information content (AvgIpc) is 2.98. The molecule has 1 fully saturated rings. The van der Waals surface area contributed by atoms with Crippen molar-refractivity contribution in [2.24, 2.45) is 10.9 Å². The van der Waals surface area contributed by atoms with E-state index in [9.17, 15) is 18.0 Å². The highest BCUT2D eigenvalue weighted by Gasteiger charge is 2.27. The molecule has 1 atom stereocenters. The van der Waals surface area contributed by atoms with E-state index in [-0.39, 0.29) is 6.54 Å². The first kappa shape index (κ1) is 21.3. The van der Waals surface area contributed by atoms with Crippen molar-refractivity contribution in [2.75, 3.05) is 24.6 Å². The van der Waals surface area contributed by atoms with E-state index in [1.165, 1.54) is 11.3 Å². The van der Waals surface area contributed by atoms with Crippen molar-refractivity contribution >= 4 is 43.2 Å². The van der Waals surface area contributed by atoms with E-state index in [0.717, 1.165) is 23.1 Å². The highest BCUT2D eigenvalue weighted by molar-refractivity contribution is 7.92. The zero-order valence-corrected chi connectivity index (χ0v) is 17.8. The lowest BCUT2D eigenvalue weighted by Crippen LogP contribution is -2.42. The van der Waals surface area contributed by atoms with Gasteiger partial charge in [0.1, 0.15) is 11.5 Å². The molecule has 0 bridgehead atoms. The molecule has 3 rings (SSSR count). The van der Waals surface area contributed by atoms with Crippen molar-refractivity contribution in [3.63, 3.8) is 0 Å². The second-order valence-corrected chi connectivity index (χ2v) is 10.3. The van der Waals surface area contributed by atoms with Gasteiger partial charge in [0, 0.05) is 13.1 Å². The molecule has 1 unspecified atom stereocenters. The number of hydrogen-bond donors (Lipinski definition) is 0. The van der Waals surface area contributed by atoms with Crippen LogP contribution in [0.3, 0.4) is 0 Å². The van der Waals surface area contributed by atoms with Crippen molar-refractivity contribution in [2.45, 2.75) is 26.3 Å². The van der Waals surface area contributed by atoms with Crippen molar-refractivity contribution < 1.29 is 18.0 Å². The molecule has 2 amide bonds. The van der Waals surface area contributed by atoms with E-state index in [0.29, 0.717) is 23.8 Å². The van der Waals surface area contributed by atoms with Crippen LogP contribution in [0.15, 0.2) is 29.3 Å². The maximum atomic E-state index is 12.4. The lowest BCUT2D eigenvalue weighted by molar-refractivity contribution is -0.130. The van der Waals surface area contributed by atoms with Crippen LogP contribution in [0, 0.1) is 18.3 Å². The first-order valence-electron chi connectivity index (χ1n) is 9.36. The molecule has 29 heavy (non-hydrogen) atoms. The van der Waals surface area contributed by atoms with Gasteiger partial charge >= 0.3 is 0 Å². The summed E-state index contributed by atoms with van der Waals surface area (Å²) in [4.78, 5) is 30.6. The molecule has 0 spiro atoms. The third-order valence-corrected chi connectivity index (χ3v) is 7.19. The van der Waals surface area contributed by atoms with E-state index in [4.69, 9.17) is 6.42 Å². The Morgan fingerprint density at radius 3 is 2.79 bits per heavy atom. The van der Waals surface area contributed by atoms with Crippen molar-refractivity contribution in [3.05, 3.63) is 29.1 Å². The maximum absolute atomic E-state index is 12.4. The third kappa shape index (κ3) is 5.34. The fourth-order valence-electron chi connectivity index (χ4n) is 3.42. The summed E-state index contributed by atoms with van der Waals surface area (Å²) in [6, 6.07) is 7.46. The molecule has 1 aromatic heterocycles. The Morgan fingerprint density at radius 2 is 2.07 bits per heavy atom. The van der Waals surface area contributed by atoms with E-state index < -0.39 is 33.2 Å². The number of piperidine rings is 1. The van der Waals surface area contributed by atoms with Crippen LogP contribution in [0.1, 0.15) is 19.8 Å². The van der Waals surface area contributed by atoms with Gasteiger partial charge in [0.25, 0.3) is 5.91 Å². The van der Waals surface area contributed by atoms with E-state index in [2.05, 4.69) is 10.9 Å². The van der Waals surface area contributed by atoms with Crippen LogP contribution in [0.25, 0.3) is 10.2 Å². The van der Waals surface area contributed by atoms with Gasteiger partial charge < -0.3 is 9.47 Å². The minimum atomic E-state index is -3.90. The first-order chi connectivity index (χ1) is 13.8. The Kier molecular flexibility index (Phi) is 6.55. The Balaban J connectivity index is 1.76. The van der Waals surface area contributed by atoms with Crippen LogP contribution < -0.4 is 4.80 Å². The minimum Gasteiger partial charge on any atom is -0.342 e. The number of para-hydroxylation sites is 1. The van der Waals surface area contributed by atoms with Gasteiger partial charge in [-0.3, -0.25) is 9.59 Å². The summed E-state index contributed by atoms with van der Waals surface area (Å²) in [6.07, 6.45) is 7.31. The molecular formula is C20H23N3O4S2. The third-order valence-electron chi connectivity index (χ3n) is 4.75. The van der Waals surface area contributed by atoms with Crippen LogP contribution in [0.5, 0.6) is 0 Å². The molecule has 1 saturated heterocycles. The fourth-order valence-corrected chi connectivity index (χ4v) is 5.57. The SMILES string of the molecule is C#CCn1c(=NC(=O)CS(=O)(=O)CC(=O)N2CCCC(C)C2)sc2ccccc21. The van der Waals surface area contributed by atoms with Crippen LogP contribution in [0.4, 0.5) is 0 Å². The molecule has 9 heteroatoms. The second-order valence-electron chi connectivity index (χ2n) is 7.27. The molecule has 1 aromatic carbocycles. The monoisotopic (exact) mass is 433 g/mol. The summed E-state index contributed by atoms with van der Waals surface area (Å²) in [5, 5.41) is 0. The molecular weight excluding hydrogens is 410 g/mol. The fraction of sp³-hybridized carbons (Fsp3) is 0.450.